The van der Waals surface area contributed by atoms with Gasteiger partial charge in [-0.05, 0) is 24.3 Å². The molecule has 0 atom stereocenters. The van der Waals surface area contributed by atoms with Gasteiger partial charge in [-0.25, -0.2) is 27.5 Å². The smallest absolute Gasteiger partial charge is 0.236 e. The van der Waals surface area contributed by atoms with E-state index in [1.807, 2.05) is 0 Å². The molecule has 0 radical (unpaired) electrons. The van der Waals surface area contributed by atoms with Crippen molar-refractivity contribution in [2.24, 2.45) is 0 Å². The Balaban J connectivity index is 1.98. The summed E-state index contributed by atoms with van der Waals surface area (Å²) in [6.07, 6.45) is -2.84. The third-order valence-corrected chi connectivity index (χ3v) is 3.86. The summed E-state index contributed by atoms with van der Waals surface area (Å²) in [4.78, 5) is 7.70. The van der Waals surface area contributed by atoms with E-state index < -0.39 is 40.6 Å². The van der Waals surface area contributed by atoms with Gasteiger partial charge in [0.2, 0.25) is 0 Å². The van der Waals surface area contributed by atoms with Gasteiger partial charge in [0, 0.05) is 34.3 Å². The molecule has 0 saturated heterocycles. The summed E-state index contributed by atoms with van der Waals surface area (Å²) in [5.41, 5.74) is -1.70. The molecule has 1 heterocycles. The fourth-order valence-corrected chi connectivity index (χ4v) is 2.62. The fraction of sp³-hybridized carbons (Fsp3) is 0.0526. The van der Waals surface area contributed by atoms with E-state index in [-0.39, 0.29) is 21.8 Å². The van der Waals surface area contributed by atoms with E-state index in [9.17, 15) is 30.7 Å². The van der Waals surface area contributed by atoms with E-state index in [4.69, 9.17) is 0 Å². The molecular weight excluding hydrogens is 421 g/mol. The Morgan fingerprint density at radius 2 is 1.28 bits per heavy atom. The molecule has 0 N–H and O–H groups in total. The molecule has 0 spiro atoms. The number of benzene rings is 2. The van der Waals surface area contributed by atoms with E-state index in [1.165, 1.54) is 5.92 Å². The van der Waals surface area contributed by atoms with Crippen LogP contribution in [-0.2, 0) is 0 Å². The molecule has 3 aromatic rings. The Labute approximate surface area is 164 Å². The molecule has 1 aromatic heterocycles. The zero-order valence-corrected chi connectivity index (χ0v) is 14.8. The Bertz CT molecular complexity index is 1100. The first-order valence-corrected chi connectivity index (χ1v) is 8.09. The molecule has 3 rings (SSSR count). The van der Waals surface area contributed by atoms with Gasteiger partial charge in [-0.3, -0.25) is 0 Å². The Morgan fingerprint density at radius 3 is 1.76 bits per heavy atom. The molecule has 0 fully saturated rings. The molecule has 0 saturated carbocycles. The lowest BCUT2D eigenvalue weighted by atomic mass is 10.1. The molecule has 0 bridgehead atoms. The summed E-state index contributed by atoms with van der Waals surface area (Å²) >= 11 is 3.85. The molecule has 0 aliphatic heterocycles. The zero-order valence-electron chi connectivity index (χ0n) is 14.0. The van der Waals surface area contributed by atoms with Crippen molar-refractivity contribution >= 4 is 12.6 Å². The maximum Gasteiger partial charge on any atom is 0.458 e. The number of rotatable bonds is 2. The minimum atomic E-state index is -4.91. The maximum atomic E-state index is 14.0. The van der Waals surface area contributed by atoms with Crippen LogP contribution in [0.5, 0.6) is 0 Å². The van der Waals surface area contributed by atoms with Crippen molar-refractivity contribution in [1.82, 2.24) is 9.97 Å². The minimum absolute atomic E-state index is 0.0364. The average molecular weight is 428 g/mol. The fourth-order valence-electron chi connectivity index (χ4n) is 2.40. The molecule has 0 amide bonds. The third kappa shape index (κ3) is 4.68. The van der Waals surface area contributed by atoms with Gasteiger partial charge in [-0.2, -0.15) is 13.2 Å². The van der Waals surface area contributed by atoms with Gasteiger partial charge < -0.3 is 0 Å². The average Bonchev–Trinajstić information content (AvgIpc) is 2.59. The van der Waals surface area contributed by atoms with Crippen molar-refractivity contribution in [1.29, 1.82) is 0 Å². The predicted octanol–water partition coefficient (Wildman–Crippen LogP) is 5.57. The van der Waals surface area contributed by atoms with Crippen molar-refractivity contribution in [3.05, 3.63) is 65.5 Å². The minimum Gasteiger partial charge on any atom is -0.236 e. The highest BCUT2D eigenvalue weighted by Crippen LogP contribution is 2.29. The van der Waals surface area contributed by atoms with Crippen LogP contribution in [0, 0.1) is 35.1 Å². The van der Waals surface area contributed by atoms with Crippen molar-refractivity contribution in [3.8, 4) is 34.4 Å². The van der Waals surface area contributed by atoms with Gasteiger partial charge in [0.25, 0.3) is 0 Å². The Kier molecular flexibility index (Phi) is 5.53. The lowest BCUT2D eigenvalue weighted by Crippen LogP contribution is -2.02. The van der Waals surface area contributed by atoms with Crippen LogP contribution in [0.4, 0.5) is 30.7 Å². The number of aromatic nitrogens is 2. The van der Waals surface area contributed by atoms with E-state index in [1.54, 1.807) is 0 Å². The van der Waals surface area contributed by atoms with E-state index in [2.05, 4.69) is 22.6 Å². The molecule has 0 unspecified atom stereocenters. The van der Waals surface area contributed by atoms with E-state index in [0.29, 0.717) is 12.1 Å². The van der Waals surface area contributed by atoms with Crippen LogP contribution in [0.15, 0.2) is 41.6 Å². The number of alkyl halides is 3. The van der Waals surface area contributed by atoms with Gasteiger partial charge in [-0.1, -0.05) is 5.92 Å². The van der Waals surface area contributed by atoms with Crippen molar-refractivity contribution < 1.29 is 30.7 Å². The summed E-state index contributed by atoms with van der Waals surface area (Å²) in [6, 6.07) is 3.38. The first-order valence-electron chi connectivity index (χ1n) is 7.65. The third-order valence-electron chi connectivity index (χ3n) is 3.60. The summed E-state index contributed by atoms with van der Waals surface area (Å²) in [5, 5.41) is 0. The monoisotopic (exact) mass is 428 g/mol. The molecule has 2 nitrogen and oxygen atoms in total. The lowest BCUT2D eigenvalue weighted by Gasteiger charge is -2.07. The second kappa shape index (κ2) is 7.75. The molecule has 0 aliphatic carbocycles. The summed E-state index contributed by atoms with van der Waals surface area (Å²) < 4.78 is 92.3. The number of halogens is 7. The molecule has 10 heteroatoms. The van der Waals surface area contributed by atoms with Crippen LogP contribution in [0.1, 0.15) is 5.56 Å². The molecule has 148 valence electrons. The van der Waals surface area contributed by atoms with Gasteiger partial charge in [0.05, 0.1) is 11.1 Å². The standard InChI is InChI=1S/C19H7F7N2S/c20-13-3-9(4-14(21)12(13)1-2-19(24,25)26)18-27-7-10(8-28-18)17-15(22)5-11(29)6-16(17)23/h3-8,29H. The van der Waals surface area contributed by atoms with Crippen LogP contribution in [0.25, 0.3) is 22.5 Å². The first-order chi connectivity index (χ1) is 13.5. The van der Waals surface area contributed by atoms with Crippen LogP contribution < -0.4 is 0 Å². The van der Waals surface area contributed by atoms with Gasteiger partial charge in [-0.15, -0.1) is 12.6 Å². The lowest BCUT2D eigenvalue weighted by molar-refractivity contribution is -0.0696. The summed E-state index contributed by atoms with van der Waals surface area (Å²) in [7, 11) is 0. The van der Waals surface area contributed by atoms with Gasteiger partial charge in [0.1, 0.15) is 23.3 Å². The van der Waals surface area contributed by atoms with Gasteiger partial charge in [0.15, 0.2) is 5.82 Å². The van der Waals surface area contributed by atoms with Crippen molar-refractivity contribution in [2.75, 3.05) is 0 Å². The van der Waals surface area contributed by atoms with Crippen LogP contribution in [-0.4, -0.2) is 16.1 Å². The maximum absolute atomic E-state index is 14.0. The SMILES string of the molecule is Fc1cc(-c2ncc(-c3c(F)cc(S)cc3F)cn2)cc(F)c1C#CC(F)(F)F. The molecular formula is C19H7F7N2S. The zero-order chi connectivity index (χ0) is 21.3. The molecule has 29 heavy (non-hydrogen) atoms. The number of hydrogen-bond donors (Lipinski definition) is 1. The number of nitrogens with zero attached hydrogens (tertiary/aromatic N) is 2. The highest BCUT2D eigenvalue weighted by molar-refractivity contribution is 7.80. The highest BCUT2D eigenvalue weighted by Gasteiger charge is 2.24. The predicted molar refractivity (Wildman–Crippen MR) is 92.9 cm³/mol. The van der Waals surface area contributed by atoms with Crippen LogP contribution in [0.3, 0.4) is 0 Å². The second-order valence-corrected chi connectivity index (χ2v) is 6.16. The Morgan fingerprint density at radius 1 is 0.759 bits per heavy atom. The summed E-state index contributed by atoms with van der Waals surface area (Å²) in [5.74, 6) is -2.54. The Hall–Kier alpha value is -3.06. The van der Waals surface area contributed by atoms with Crippen molar-refractivity contribution in [2.45, 2.75) is 11.1 Å². The highest BCUT2D eigenvalue weighted by atomic mass is 32.1. The second-order valence-electron chi connectivity index (χ2n) is 5.64. The van der Waals surface area contributed by atoms with E-state index in [0.717, 1.165) is 30.4 Å². The summed E-state index contributed by atoms with van der Waals surface area (Å²) in [6.45, 7) is 0. The topological polar surface area (TPSA) is 25.8 Å². The quantitative estimate of drug-likeness (QED) is 0.328. The van der Waals surface area contributed by atoms with E-state index >= 15 is 0 Å². The first kappa shape index (κ1) is 20.7. The normalized spacial score (nSPS) is 11.2. The van der Waals surface area contributed by atoms with Gasteiger partial charge >= 0.3 is 6.18 Å². The van der Waals surface area contributed by atoms with Crippen LogP contribution in [0.2, 0.25) is 0 Å². The largest absolute Gasteiger partial charge is 0.458 e. The molecule has 2 aromatic carbocycles. The van der Waals surface area contributed by atoms with Crippen molar-refractivity contribution in [3.63, 3.8) is 0 Å². The number of hydrogen-bond acceptors (Lipinski definition) is 3. The number of thiol groups is 1. The van der Waals surface area contributed by atoms with Crippen LogP contribution >= 0.6 is 12.6 Å². The molecule has 0 aliphatic rings.